The van der Waals surface area contributed by atoms with Crippen molar-refractivity contribution >= 4 is 5.69 Å². The summed E-state index contributed by atoms with van der Waals surface area (Å²) in [6.07, 6.45) is 0.504. The van der Waals surface area contributed by atoms with Gasteiger partial charge in [0, 0.05) is 17.5 Å². The van der Waals surface area contributed by atoms with E-state index in [1.807, 2.05) is 19.9 Å². The van der Waals surface area contributed by atoms with Crippen LogP contribution in [0.5, 0.6) is 5.75 Å². The van der Waals surface area contributed by atoms with Gasteiger partial charge < -0.3 is 10.5 Å². The molecule has 0 saturated carbocycles. The number of nitrogens with zero attached hydrogens (tertiary/aromatic N) is 1. The molecule has 0 bridgehead atoms. The number of nitrogen functional groups attached to an aromatic ring is 1. The Labute approximate surface area is 133 Å². The number of halogens is 2. The van der Waals surface area contributed by atoms with Crippen LogP contribution in [0.25, 0.3) is 11.1 Å². The summed E-state index contributed by atoms with van der Waals surface area (Å²) in [5, 5.41) is 9.22. The van der Waals surface area contributed by atoms with Gasteiger partial charge >= 0.3 is 0 Å². The minimum absolute atomic E-state index is 0.0149. The van der Waals surface area contributed by atoms with Crippen LogP contribution in [0, 0.1) is 23.0 Å². The quantitative estimate of drug-likeness (QED) is 0.847. The monoisotopic (exact) mass is 314 g/mol. The maximum atomic E-state index is 14.5. The maximum Gasteiger partial charge on any atom is 0.134 e. The van der Waals surface area contributed by atoms with Crippen molar-refractivity contribution in [1.82, 2.24) is 0 Å². The van der Waals surface area contributed by atoms with E-state index in [1.54, 1.807) is 0 Å². The van der Waals surface area contributed by atoms with Crippen LogP contribution in [0.4, 0.5) is 14.5 Å². The number of fused-ring (bicyclic) bond motifs is 1. The average molecular weight is 314 g/mol. The molecule has 0 fully saturated rings. The van der Waals surface area contributed by atoms with E-state index in [4.69, 9.17) is 10.5 Å². The predicted molar refractivity (Wildman–Crippen MR) is 84.2 cm³/mol. The maximum absolute atomic E-state index is 14.5. The van der Waals surface area contributed by atoms with Crippen molar-refractivity contribution in [2.75, 3.05) is 12.3 Å². The molecule has 0 radical (unpaired) electrons. The lowest BCUT2D eigenvalue weighted by Gasteiger charge is -2.15. The highest BCUT2D eigenvalue weighted by atomic mass is 19.1. The molecule has 0 amide bonds. The molecule has 2 aromatic rings. The van der Waals surface area contributed by atoms with Gasteiger partial charge in [-0.15, -0.1) is 0 Å². The summed E-state index contributed by atoms with van der Waals surface area (Å²) < 4.78 is 34.6. The lowest BCUT2D eigenvalue weighted by atomic mass is 9.93. The van der Waals surface area contributed by atoms with Crippen LogP contribution in [0.3, 0.4) is 0 Å². The van der Waals surface area contributed by atoms with Gasteiger partial charge in [-0.3, -0.25) is 0 Å². The first kappa shape index (κ1) is 15.3. The summed E-state index contributed by atoms with van der Waals surface area (Å²) in [5.74, 6) is -0.946. The van der Waals surface area contributed by atoms with Crippen LogP contribution in [0.1, 0.15) is 36.5 Å². The summed E-state index contributed by atoms with van der Waals surface area (Å²) in [6, 6.07) is 6.12. The van der Waals surface area contributed by atoms with Gasteiger partial charge in [0.1, 0.15) is 23.5 Å². The zero-order valence-electron chi connectivity index (χ0n) is 12.9. The topological polar surface area (TPSA) is 59.0 Å². The van der Waals surface area contributed by atoms with E-state index >= 15 is 0 Å². The normalized spacial score (nSPS) is 12.9. The third kappa shape index (κ3) is 2.40. The number of ether oxygens (including phenoxy) is 1. The van der Waals surface area contributed by atoms with Crippen molar-refractivity contribution in [3.8, 4) is 22.9 Å². The Morgan fingerprint density at radius 3 is 2.43 bits per heavy atom. The largest absolute Gasteiger partial charge is 0.492 e. The molecular formula is C18H16F2N2O. The number of anilines is 1. The number of hydrogen-bond donors (Lipinski definition) is 1. The van der Waals surface area contributed by atoms with E-state index in [1.165, 1.54) is 18.2 Å². The minimum Gasteiger partial charge on any atom is -0.492 e. The molecule has 3 rings (SSSR count). The summed E-state index contributed by atoms with van der Waals surface area (Å²) >= 11 is 0. The van der Waals surface area contributed by atoms with Gasteiger partial charge in [0.15, 0.2) is 0 Å². The first-order chi connectivity index (χ1) is 10.9. The standard InChI is InChI=1S/C18H16F2N2O/c1-9(2)10-5-14(19)17(15(20)6-10)12-7-16(22)13(8-21)11-3-4-23-18(11)12/h5-7,9H,3-4,22H2,1-2H3. The zero-order valence-corrected chi connectivity index (χ0v) is 12.9. The zero-order chi connectivity index (χ0) is 16.7. The molecule has 2 aromatic carbocycles. The van der Waals surface area contributed by atoms with Crippen LogP contribution in [-0.2, 0) is 6.42 Å². The van der Waals surface area contributed by atoms with E-state index in [2.05, 4.69) is 0 Å². The molecule has 0 unspecified atom stereocenters. The second kappa shape index (κ2) is 5.54. The van der Waals surface area contributed by atoms with Crippen molar-refractivity contribution in [2.24, 2.45) is 0 Å². The third-order valence-electron chi connectivity index (χ3n) is 4.12. The van der Waals surface area contributed by atoms with E-state index in [0.717, 1.165) is 0 Å². The van der Waals surface area contributed by atoms with E-state index in [0.29, 0.717) is 35.5 Å². The number of rotatable bonds is 2. The first-order valence-corrected chi connectivity index (χ1v) is 7.41. The molecule has 5 heteroatoms. The van der Waals surface area contributed by atoms with Gasteiger partial charge in [-0.1, -0.05) is 13.8 Å². The highest BCUT2D eigenvalue weighted by molar-refractivity contribution is 5.81. The highest BCUT2D eigenvalue weighted by Gasteiger charge is 2.27. The number of nitrogens with two attached hydrogens (primary N) is 1. The molecule has 0 spiro atoms. The van der Waals surface area contributed by atoms with Gasteiger partial charge in [0.2, 0.25) is 0 Å². The molecule has 1 heterocycles. The molecule has 2 N–H and O–H groups in total. The molecule has 0 saturated heterocycles. The first-order valence-electron chi connectivity index (χ1n) is 7.41. The Kier molecular flexibility index (Phi) is 3.69. The second-order valence-electron chi connectivity index (χ2n) is 5.92. The molecule has 118 valence electrons. The summed E-state index contributed by atoms with van der Waals surface area (Å²) in [6.45, 7) is 4.11. The molecule has 0 aromatic heterocycles. The highest BCUT2D eigenvalue weighted by Crippen LogP contribution is 2.43. The molecule has 1 aliphatic rings. The third-order valence-corrected chi connectivity index (χ3v) is 4.12. The fourth-order valence-corrected chi connectivity index (χ4v) is 2.90. The molecule has 3 nitrogen and oxygen atoms in total. The number of nitriles is 1. The van der Waals surface area contributed by atoms with Crippen LogP contribution >= 0.6 is 0 Å². The summed E-state index contributed by atoms with van der Waals surface area (Å²) in [7, 11) is 0. The van der Waals surface area contributed by atoms with Gasteiger partial charge in [-0.2, -0.15) is 5.26 Å². The second-order valence-corrected chi connectivity index (χ2v) is 5.92. The Balaban J connectivity index is 2.27. The SMILES string of the molecule is CC(C)c1cc(F)c(-c2cc(N)c(C#N)c3c2OCC3)c(F)c1. The van der Waals surface area contributed by atoms with Gasteiger partial charge in [-0.25, -0.2) is 8.78 Å². The van der Waals surface area contributed by atoms with Crippen molar-refractivity contribution in [2.45, 2.75) is 26.2 Å². The lowest BCUT2D eigenvalue weighted by molar-refractivity contribution is 0.357. The van der Waals surface area contributed by atoms with E-state index < -0.39 is 11.6 Å². The summed E-state index contributed by atoms with van der Waals surface area (Å²) in [4.78, 5) is 0. The summed E-state index contributed by atoms with van der Waals surface area (Å²) in [5.41, 5.74) is 7.73. The molecular weight excluding hydrogens is 298 g/mol. The predicted octanol–water partition coefficient (Wildman–Crippen LogP) is 4.14. The fourth-order valence-electron chi connectivity index (χ4n) is 2.90. The Morgan fingerprint density at radius 2 is 1.87 bits per heavy atom. The van der Waals surface area contributed by atoms with Gasteiger partial charge in [-0.05, 0) is 29.7 Å². The Morgan fingerprint density at radius 1 is 1.22 bits per heavy atom. The number of hydrogen-bond acceptors (Lipinski definition) is 3. The van der Waals surface area contributed by atoms with Crippen LogP contribution in [0.15, 0.2) is 18.2 Å². The van der Waals surface area contributed by atoms with Crippen molar-refractivity contribution in [3.05, 3.63) is 46.5 Å². The lowest BCUT2D eigenvalue weighted by Crippen LogP contribution is -2.01. The molecule has 23 heavy (non-hydrogen) atoms. The van der Waals surface area contributed by atoms with Crippen molar-refractivity contribution in [1.29, 1.82) is 5.26 Å². The molecule has 1 aliphatic heterocycles. The minimum atomic E-state index is -0.657. The van der Waals surface area contributed by atoms with Crippen LogP contribution < -0.4 is 10.5 Å². The average Bonchev–Trinajstić information content (AvgIpc) is 2.95. The van der Waals surface area contributed by atoms with E-state index in [-0.39, 0.29) is 22.7 Å². The van der Waals surface area contributed by atoms with E-state index in [9.17, 15) is 14.0 Å². The van der Waals surface area contributed by atoms with Gasteiger partial charge in [0.05, 0.1) is 23.4 Å². The Bertz CT molecular complexity index is 815. The van der Waals surface area contributed by atoms with Crippen LogP contribution in [0.2, 0.25) is 0 Å². The fraction of sp³-hybridized carbons (Fsp3) is 0.278. The smallest absolute Gasteiger partial charge is 0.134 e. The molecule has 0 atom stereocenters. The van der Waals surface area contributed by atoms with Crippen LogP contribution in [-0.4, -0.2) is 6.61 Å². The molecule has 0 aliphatic carbocycles. The number of benzene rings is 2. The van der Waals surface area contributed by atoms with Crippen molar-refractivity contribution < 1.29 is 13.5 Å². The van der Waals surface area contributed by atoms with Gasteiger partial charge in [0.25, 0.3) is 0 Å². The van der Waals surface area contributed by atoms with Crippen molar-refractivity contribution in [3.63, 3.8) is 0 Å². The Hall–Kier alpha value is -2.61.